The summed E-state index contributed by atoms with van der Waals surface area (Å²) in [7, 11) is -3.42. The summed E-state index contributed by atoms with van der Waals surface area (Å²) in [6.07, 6.45) is 11.9. The Kier molecular flexibility index (Phi) is 6.77. The average molecular weight is 393 g/mol. The van der Waals surface area contributed by atoms with Gasteiger partial charge in [-0.1, -0.05) is 22.5 Å². The van der Waals surface area contributed by atoms with Gasteiger partial charge in [0.15, 0.2) is 0 Å². The number of ether oxygens (including phenoxy) is 2. The molecule has 0 aliphatic heterocycles. The normalized spacial score (nSPS) is 19.0. The molecule has 2 aliphatic rings. The Bertz CT molecular complexity index is 576. The van der Waals surface area contributed by atoms with Crippen molar-refractivity contribution in [2.75, 3.05) is 0 Å². The minimum absolute atomic E-state index is 0.342. The molecule has 0 unspecified atom stereocenters. The zero-order valence-electron chi connectivity index (χ0n) is 17.9. The van der Waals surface area contributed by atoms with Gasteiger partial charge in [-0.3, -0.25) is 9.59 Å². The summed E-state index contributed by atoms with van der Waals surface area (Å²) in [4.78, 5) is 27.3. The summed E-state index contributed by atoms with van der Waals surface area (Å²) in [5, 5.41) is 2.01. The van der Waals surface area contributed by atoms with Gasteiger partial charge in [0.25, 0.3) is 11.2 Å². The predicted octanol–water partition coefficient (Wildman–Crippen LogP) is 6.55. The highest BCUT2D eigenvalue weighted by Crippen LogP contribution is 2.40. The zero-order valence-corrected chi connectivity index (χ0v) is 18.9. The van der Waals surface area contributed by atoms with Crippen LogP contribution in [0.25, 0.3) is 0 Å². The summed E-state index contributed by atoms with van der Waals surface area (Å²) < 4.78 is 11.8. The third kappa shape index (κ3) is 5.34. The van der Waals surface area contributed by atoms with E-state index in [4.69, 9.17) is 9.47 Å². The van der Waals surface area contributed by atoms with E-state index in [9.17, 15) is 9.59 Å². The Morgan fingerprint density at radius 3 is 1.37 bits per heavy atom. The molecule has 0 N–H and O–H groups in total. The number of carbonyl (C=O) groups is 2. The first-order valence-corrected chi connectivity index (χ1v) is 12.3. The molecule has 0 heterocycles. The van der Waals surface area contributed by atoms with Crippen molar-refractivity contribution in [3.63, 3.8) is 0 Å². The fourth-order valence-electron chi connectivity index (χ4n) is 3.88. The molecule has 152 valence electrons. The van der Waals surface area contributed by atoms with Gasteiger partial charge in [-0.2, -0.15) is 0 Å². The molecule has 0 spiro atoms. The van der Waals surface area contributed by atoms with Crippen LogP contribution in [0.3, 0.4) is 0 Å². The summed E-state index contributed by atoms with van der Waals surface area (Å²) >= 11 is 0. The second kappa shape index (κ2) is 8.34. The van der Waals surface area contributed by atoms with Crippen LogP contribution in [0.5, 0.6) is 0 Å². The molecule has 2 aliphatic carbocycles. The Hall–Kier alpha value is -1.36. The molecule has 0 aromatic rings. The summed E-state index contributed by atoms with van der Waals surface area (Å²) in [5.74, 6) is 0. The quantitative estimate of drug-likeness (QED) is 0.509. The second-order valence-corrected chi connectivity index (χ2v) is 13.3. The van der Waals surface area contributed by atoms with Gasteiger partial charge in [-0.15, -0.1) is 0 Å². The maximum atomic E-state index is 13.7. The predicted molar refractivity (Wildman–Crippen MR) is 111 cm³/mol. The largest absolute Gasteiger partial charge is 0.463 e. The van der Waals surface area contributed by atoms with Gasteiger partial charge in [0.2, 0.25) is 0 Å². The molecule has 0 saturated carbocycles. The summed E-state index contributed by atoms with van der Waals surface area (Å²) in [6.45, 7) is 11.2. The maximum Gasteiger partial charge on any atom is 0.362 e. The SMILES string of the molecule is CC(C)(C)OC(=O)[Si](C(=O)OC(C)(C)C)(C1=CCCCC1)C1=CCCCC1. The molecule has 0 amide bonds. The lowest BCUT2D eigenvalue weighted by atomic mass is 10.1. The van der Waals surface area contributed by atoms with Crippen molar-refractivity contribution in [1.82, 2.24) is 0 Å². The first kappa shape index (κ1) is 21.9. The lowest BCUT2D eigenvalue weighted by molar-refractivity contribution is 0.0633. The van der Waals surface area contributed by atoms with Crippen molar-refractivity contribution >= 4 is 19.3 Å². The first-order chi connectivity index (χ1) is 12.5. The van der Waals surface area contributed by atoms with E-state index in [-0.39, 0.29) is 11.2 Å². The Labute approximate surface area is 165 Å². The van der Waals surface area contributed by atoms with Crippen LogP contribution in [0, 0.1) is 0 Å². The van der Waals surface area contributed by atoms with Crippen LogP contribution in [0.1, 0.15) is 92.9 Å². The molecule has 0 fully saturated rings. The zero-order chi connectivity index (χ0) is 20.3. The van der Waals surface area contributed by atoms with Gasteiger partial charge in [0.1, 0.15) is 11.2 Å². The molecular formula is C22H36O4Si. The van der Waals surface area contributed by atoms with Gasteiger partial charge in [0, 0.05) is 0 Å². The van der Waals surface area contributed by atoms with Crippen molar-refractivity contribution < 1.29 is 19.1 Å². The molecule has 5 heteroatoms. The summed E-state index contributed by atoms with van der Waals surface area (Å²) in [5.41, 5.74) is -1.96. The van der Waals surface area contributed by atoms with E-state index in [1.165, 1.54) is 0 Å². The van der Waals surface area contributed by atoms with Gasteiger partial charge in [0.05, 0.1) is 0 Å². The molecule has 0 radical (unpaired) electrons. The van der Waals surface area contributed by atoms with Crippen LogP contribution in [-0.2, 0) is 9.47 Å². The van der Waals surface area contributed by atoms with E-state index in [1.54, 1.807) is 0 Å². The number of hydrogen-bond donors (Lipinski definition) is 0. The van der Waals surface area contributed by atoms with Crippen LogP contribution in [-0.4, -0.2) is 30.5 Å². The number of allylic oxidation sites excluding steroid dienone is 4. The highest BCUT2D eigenvalue weighted by Gasteiger charge is 2.60. The fourth-order valence-corrected chi connectivity index (χ4v) is 8.43. The molecule has 0 atom stereocenters. The number of hydrogen-bond acceptors (Lipinski definition) is 4. The van der Waals surface area contributed by atoms with Crippen molar-refractivity contribution in [1.29, 1.82) is 0 Å². The minimum atomic E-state index is -3.42. The fraction of sp³-hybridized carbons (Fsp3) is 0.727. The Morgan fingerprint density at radius 1 is 0.741 bits per heavy atom. The van der Waals surface area contributed by atoms with E-state index in [0.29, 0.717) is 0 Å². The maximum absolute atomic E-state index is 13.7. The van der Waals surface area contributed by atoms with Gasteiger partial charge in [-0.05, 0) is 92.9 Å². The van der Waals surface area contributed by atoms with Crippen LogP contribution >= 0.6 is 0 Å². The Balaban J connectivity index is 2.63. The van der Waals surface area contributed by atoms with Crippen LogP contribution in [0.15, 0.2) is 22.5 Å². The van der Waals surface area contributed by atoms with Gasteiger partial charge in [-0.25, -0.2) is 0 Å². The van der Waals surface area contributed by atoms with E-state index in [1.807, 2.05) is 41.5 Å². The molecule has 0 aromatic carbocycles. The monoisotopic (exact) mass is 392 g/mol. The van der Waals surface area contributed by atoms with Crippen LogP contribution in [0.2, 0.25) is 0 Å². The molecule has 0 aromatic heterocycles. The van der Waals surface area contributed by atoms with Gasteiger partial charge >= 0.3 is 8.07 Å². The van der Waals surface area contributed by atoms with Crippen molar-refractivity contribution in [2.24, 2.45) is 0 Å². The second-order valence-electron chi connectivity index (χ2n) is 9.70. The highest BCUT2D eigenvalue weighted by molar-refractivity contribution is 7.31. The van der Waals surface area contributed by atoms with Crippen LogP contribution in [0.4, 0.5) is 9.59 Å². The minimum Gasteiger partial charge on any atom is -0.463 e. The van der Waals surface area contributed by atoms with E-state index in [2.05, 4.69) is 12.2 Å². The molecule has 4 nitrogen and oxygen atoms in total. The molecule has 27 heavy (non-hydrogen) atoms. The topological polar surface area (TPSA) is 52.6 Å². The average Bonchev–Trinajstić information content (AvgIpc) is 2.54. The third-order valence-electron chi connectivity index (χ3n) is 4.96. The van der Waals surface area contributed by atoms with E-state index in [0.717, 1.165) is 61.8 Å². The third-order valence-corrected chi connectivity index (χ3v) is 9.22. The molecule has 0 saturated heterocycles. The molecule has 0 bridgehead atoms. The first-order valence-electron chi connectivity index (χ1n) is 10.3. The number of carbonyl (C=O) groups excluding carboxylic acids is 2. The van der Waals surface area contributed by atoms with Crippen LogP contribution < -0.4 is 0 Å². The van der Waals surface area contributed by atoms with E-state index >= 15 is 0 Å². The molecule has 2 rings (SSSR count). The summed E-state index contributed by atoms with van der Waals surface area (Å²) in [6, 6.07) is 0. The van der Waals surface area contributed by atoms with Crippen molar-refractivity contribution in [3.05, 3.63) is 22.5 Å². The van der Waals surface area contributed by atoms with Gasteiger partial charge < -0.3 is 9.47 Å². The highest BCUT2D eigenvalue weighted by atomic mass is 28.3. The lowest BCUT2D eigenvalue weighted by Gasteiger charge is -2.38. The number of rotatable bonds is 4. The molecular weight excluding hydrogens is 356 g/mol. The standard InChI is InChI=1S/C22H36O4Si/c1-21(2,3)25-19(23)27(17-13-9-7-10-14-17,18-15-11-8-12-16-18)20(24)26-22(4,5)6/h13,15H,7-12,14,16H2,1-6H3. The smallest absolute Gasteiger partial charge is 0.362 e. The Morgan fingerprint density at radius 2 is 1.11 bits per heavy atom. The van der Waals surface area contributed by atoms with Crippen molar-refractivity contribution in [3.8, 4) is 0 Å². The lowest BCUT2D eigenvalue weighted by Crippen LogP contribution is -2.60. The van der Waals surface area contributed by atoms with Crippen molar-refractivity contribution in [2.45, 2.75) is 104 Å². The van der Waals surface area contributed by atoms with E-state index < -0.39 is 19.3 Å².